The lowest BCUT2D eigenvalue weighted by atomic mass is 10.2. The fourth-order valence-corrected chi connectivity index (χ4v) is 2.09. The predicted octanol–water partition coefficient (Wildman–Crippen LogP) is 2.91. The molecule has 0 spiro atoms. The van der Waals surface area contributed by atoms with E-state index in [0.29, 0.717) is 0 Å². The van der Waals surface area contributed by atoms with Gasteiger partial charge in [0.1, 0.15) is 18.9 Å². The van der Waals surface area contributed by atoms with Gasteiger partial charge in [0, 0.05) is 11.4 Å². The van der Waals surface area contributed by atoms with Gasteiger partial charge >= 0.3 is 0 Å². The van der Waals surface area contributed by atoms with Gasteiger partial charge in [-0.05, 0) is 24.6 Å². The van der Waals surface area contributed by atoms with Crippen molar-refractivity contribution in [2.24, 2.45) is 0 Å². The number of benzene rings is 1. The molecule has 16 heavy (non-hydrogen) atoms. The van der Waals surface area contributed by atoms with Crippen LogP contribution in [0.15, 0.2) is 41.1 Å². The van der Waals surface area contributed by atoms with E-state index in [4.69, 9.17) is 0 Å². The molecule has 0 amide bonds. The molecule has 0 atom stereocenters. The first-order valence-electron chi connectivity index (χ1n) is 5.50. The van der Waals surface area contributed by atoms with E-state index in [1.54, 1.807) is 0 Å². The minimum Gasteiger partial charge on any atom is -0.235 e. The standard InChI is InChI=1S/C13H16BrN2/c1-3-15-8-9-16(11(15)2)10-12-4-6-13(14)7-5-12/h4-9H,3,10H2,1-2H3/q+1. The van der Waals surface area contributed by atoms with Crippen molar-refractivity contribution in [2.75, 3.05) is 0 Å². The molecule has 0 saturated heterocycles. The van der Waals surface area contributed by atoms with Crippen LogP contribution in [0, 0.1) is 6.92 Å². The number of hydrogen-bond acceptors (Lipinski definition) is 0. The summed E-state index contributed by atoms with van der Waals surface area (Å²) in [6.07, 6.45) is 4.27. The maximum Gasteiger partial charge on any atom is 0.253 e. The molecule has 0 saturated carbocycles. The Kier molecular flexibility index (Phi) is 3.44. The molecule has 0 unspecified atom stereocenters. The van der Waals surface area contributed by atoms with Crippen molar-refractivity contribution in [3.05, 3.63) is 52.5 Å². The van der Waals surface area contributed by atoms with Crippen LogP contribution in [0.1, 0.15) is 18.3 Å². The molecule has 3 heteroatoms. The highest BCUT2D eigenvalue weighted by atomic mass is 79.9. The van der Waals surface area contributed by atoms with Crippen molar-refractivity contribution < 1.29 is 4.57 Å². The molecule has 2 aromatic rings. The second kappa shape index (κ2) is 4.83. The van der Waals surface area contributed by atoms with Crippen LogP contribution < -0.4 is 4.57 Å². The molecule has 2 nitrogen and oxygen atoms in total. The first-order valence-corrected chi connectivity index (χ1v) is 6.29. The predicted molar refractivity (Wildman–Crippen MR) is 68.3 cm³/mol. The minimum atomic E-state index is 0.937. The van der Waals surface area contributed by atoms with Gasteiger partial charge in [-0.2, -0.15) is 0 Å². The van der Waals surface area contributed by atoms with Crippen LogP contribution in [0.25, 0.3) is 0 Å². The van der Waals surface area contributed by atoms with Crippen molar-refractivity contribution in [1.82, 2.24) is 4.57 Å². The minimum absolute atomic E-state index is 0.937. The SMILES string of the molecule is CCn1cc[n+](Cc2ccc(Br)cc2)c1C. The Morgan fingerprint density at radius 1 is 1.25 bits per heavy atom. The average molecular weight is 280 g/mol. The second-order valence-corrected chi connectivity index (χ2v) is 4.80. The van der Waals surface area contributed by atoms with E-state index in [2.05, 4.69) is 75.6 Å². The van der Waals surface area contributed by atoms with Gasteiger partial charge in [-0.15, -0.1) is 0 Å². The Labute approximate surface area is 105 Å². The first-order chi connectivity index (χ1) is 7.70. The quantitative estimate of drug-likeness (QED) is 0.764. The molecule has 1 aromatic heterocycles. The lowest BCUT2D eigenvalue weighted by Crippen LogP contribution is -2.36. The van der Waals surface area contributed by atoms with Crippen LogP contribution in [0.3, 0.4) is 0 Å². The molecule has 0 fully saturated rings. The number of imidazole rings is 1. The van der Waals surface area contributed by atoms with Gasteiger partial charge in [0.2, 0.25) is 0 Å². The Balaban J connectivity index is 2.20. The normalized spacial score (nSPS) is 10.7. The molecule has 0 aliphatic rings. The highest BCUT2D eigenvalue weighted by molar-refractivity contribution is 9.10. The zero-order valence-electron chi connectivity index (χ0n) is 9.65. The second-order valence-electron chi connectivity index (χ2n) is 3.89. The summed E-state index contributed by atoms with van der Waals surface area (Å²) in [5.41, 5.74) is 1.32. The third-order valence-corrected chi connectivity index (χ3v) is 3.39. The fourth-order valence-electron chi connectivity index (χ4n) is 1.83. The van der Waals surface area contributed by atoms with Gasteiger partial charge in [0.05, 0.1) is 6.54 Å². The van der Waals surface area contributed by atoms with Crippen molar-refractivity contribution in [3.63, 3.8) is 0 Å². The van der Waals surface area contributed by atoms with E-state index < -0.39 is 0 Å². The summed E-state index contributed by atoms with van der Waals surface area (Å²) in [6, 6.07) is 8.48. The fraction of sp³-hybridized carbons (Fsp3) is 0.308. The Morgan fingerprint density at radius 3 is 2.50 bits per heavy atom. The summed E-state index contributed by atoms with van der Waals surface area (Å²) >= 11 is 3.45. The van der Waals surface area contributed by atoms with Gasteiger partial charge in [0.25, 0.3) is 5.82 Å². The van der Waals surface area contributed by atoms with Gasteiger partial charge in [-0.25, -0.2) is 9.13 Å². The molecule has 1 heterocycles. The van der Waals surface area contributed by atoms with Crippen LogP contribution in [0.4, 0.5) is 0 Å². The van der Waals surface area contributed by atoms with E-state index in [-0.39, 0.29) is 0 Å². The molecule has 0 radical (unpaired) electrons. The summed E-state index contributed by atoms with van der Waals surface area (Å²) in [5.74, 6) is 1.30. The van der Waals surface area contributed by atoms with Crippen molar-refractivity contribution in [2.45, 2.75) is 26.9 Å². The van der Waals surface area contributed by atoms with Crippen molar-refractivity contribution in [3.8, 4) is 0 Å². The number of hydrogen-bond donors (Lipinski definition) is 0. The number of aromatic nitrogens is 2. The summed E-state index contributed by atoms with van der Waals surface area (Å²) in [4.78, 5) is 0. The van der Waals surface area contributed by atoms with E-state index in [9.17, 15) is 0 Å². The van der Waals surface area contributed by atoms with Gasteiger partial charge in [-0.1, -0.05) is 28.1 Å². The summed E-state index contributed by atoms with van der Waals surface area (Å²) in [7, 11) is 0. The lowest BCUT2D eigenvalue weighted by Gasteiger charge is -2.00. The van der Waals surface area contributed by atoms with Crippen molar-refractivity contribution >= 4 is 15.9 Å². The third-order valence-electron chi connectivity index (χ3n) is 2.86. The topological polar surface area (TPSA) is 8.81 Å². The van der Waals surface area contributed by atoms with Crippen LogP contribution in [0.5, 0.6) is 0 Å². The van der Waals surface area contributed by atoms with E-state index in [1.165, 1.54) is 11.4 Å². The third kappa shape index (κ3) is 2.35. The van der Waals surface area contributed by atoms with Gasteiger partial charge in [0.15, 0.2) is 0 Å². The van der Waals surface area contributed by atoms with E-state index in [1.807, 2.05) is 0 Å². The molecule has 0 aliphatic carbocycles. The first kappa shape index (κ1) is 11.4. The molecule has 0 aliphatic heterocycles. The summed E-state index contributed by atoms with van der Waals surface area (Å²) in [6.45, 7) is 6.28. The molecular weight excluding hydrogens is 264 g/mol. The van der Waals surface area contributed by atoms with Crippen LogP contribution in [0.2, 0.25) is 0 Å². The zero-order chi connectivity index (χ0) is 11.5. The number of aryl methyl sites for hydroxylation is 1. The van der Waals surface area contributed by atoms with Gasteiger partial charge < -0.3 is 0 Å². The van der Waals surface area contributed by atoms with Crippen LogP contribution >= 0.6 is 15.9 Å². The molecule has 1 aromatic carbocycles. The molecular formula is C13H16BrN2+. The molecule has 0 bridgehead atoms. The highest BCUT2D eigenvalue weighted by Gasteiger charge is 2.10. The number of halogens is 1. The molecule has 84 valence electrons. The zero-order valence-corrected chi connectivity index (χ0v) is 11.2. The Bertz CT molecular complexity index is 471. The van der Waals surface area contributed by atoms with E-state index >= 15 is 0 Å². The van der Waals surface area contributed by atoms with Crippen LogP contribution in [-0.4, -0.2) is 4.57 Å². The molecule has 2 rings (SSSR count). The number of nitrogens with zero attached hydrogens (tertiary/aromatic N) is 2. The molecule has 0 N–H and O–H groups in total. The van der Waals surface area contributed by atoms with E-state index in [0.717, 1.165) is 17.6 Å². The summed E-state index contributed by atoms with van der Waals surface area (Å²) < 4.78 is 5.65. The highest BCUT2D eigenvalue weighted by Crippen LogP contribution is 2.10. The maximum atomic E-state index is 3.45. The number of rotatable bonds is 3. The average Bonchev–Trinajstić information content (AvgIpc) is 2.63. The van der Waals surface area contributed by atoms with Crippen molar-refractivity contribution in [1.29, 1.82) is 0 Å². The summed E-state index contributed by atoms with van der Waals surface area (Å²) in [5, 5.41) is 0. The van der Waals surface area contributed by atoms with Crippen LogP contribution in [-0.2, 0) is 13.1 Å². The lowest BCUT2D eigenvalue weighted by molar-refractivity contribution is -0.694. The Hall–Kier alpha value is -1.09. The largest absolute Gasteiger partial charge is 0.253 e. The maximum absolute atomic E-state index is 3.45. The van der Waals surface area contributed by atoms with Gasteiger partial charge in [-0.3, -0.25) is 0 Å². The Morgan fingerprint density at radius 2 is 1.94 bits per heavy atom. The smallest absolute Gasteiger partial charge is 0.235 e. The monoisotopic (exact) mass is 279 g/mol.